The molecular formula is C17H15F3N2O3S. The highest BCUT2D eigenvalue weighted by Crippen LogP contribution is 2.33. The van der Waals surface area contributed by atoms with E-state index in [4.69, 9.17) is 0 Å². The van der Waals surface area contributed by atoms with Crippen molar-refractivity contribution in [1.29, 1.82) is 0 Å². The Bertz CT molecular complexity index is 971. The predicted octanol–water partition coefficient (Wildman–Crippen LogP) is 3.42. The maximum atomic E-state index is 12.8. The summed E-state index contributed by atoms with van der Waals surface area (Å²) in [6, 6.07) is 8.23. The van der Waals surface area contributed by atoms with E-state index in [0.29, 0.717) is 24.7 Å². The number of hydrogen-bond acceptors (Lipinski definition) is 3. The van der Waals surface area contributed by atoms with E-state index in [1.807, 2.05) is 0 Å². The van der Waals surface area contributed by atoms with Gasteiger partial charge in [-0.3, -0.25) is 9.52 Å². The van der Waals surface area contributed by atoms with Crippen molar-refractivity contribution in [2.24, 2.45) is 0 Å². The Morgan fingerprint density at radius 1 is 1.15 bits per heavy atom. The number of alkyl halides is 3. The van der Waals surface area contributed by atoms with Crippen molar-refractivity contribution >= 4 is 27.3 Å². The zero-order chi connectivity index (χ0) is 19.1. The number of carbonyl (C=O) groups is 1. The minimum Gasteiger partial charge on any atom is -0.312 e. The molecule has 9 heteroatoms. The van der Waals surface area contributed by atoms with Gasteiger partial charge in [0.1, 0.15) is 0 Å². The Kier molecular flexibility index (Phi) is 4.43. The molecule has 0 saturated carbocycles. The normalized spacial score (nSPS) is 14.2. The molecule has 0 saturated heterocycles. The van der Waals surface area contributed by atoms with Gasteiger partial charge in [-0.15, -0.1) is 0 Å². The lowest BCUT2D eigenvalue weighted by Crippen LogP contribution is -2.25. The van der Waals surface area contributed by atoms with Gasteiger partial charge in [-0.05, 0) is 48.4 Å². The van der Waals surface area contributed by atoms with E-state index < -0.39 is 26.7 Å². The number of fused-ring (bicyclic) bond motifs is 1. The third kappa shape index (κ3) is 3.52. The van der Waals surface area contributed by atoms with Crippen molar-refractivity contribution in [3.8, 4) is 0 Å². The highest BCUT2D eigenvalue weighted by atomic mass is 32.2. The van der Waals surface area contributed by atoms with Gasteiger partial charge in [0.25, 0.3) is 10.0 Å². The summed E-state index contributed by atoms with van der Waals surface area (Å²) in [6.07, 6.45) is -4.05. The van der Waals surface area contributed by atoms with E-state index in [1.165, 1.54) is 13.0 Å². The highest BCUT2D eigenvalue weighted by Gasteiger charge is 2.31. The molecule has 1 aliphatic rings. The Labute approximate surface area is 148 Å². The van der Waals surface area contributed by atoms with Crippen LogP contribution in [-0.2, 0) is 27.4 Å². The number of halogens is 3. The second-order valence-corrected chi connectivity index (χ2v) is 7.58. The molecule has 138 valence electrons. The number of benzene rings is 2. The SMILES string of the molecule is CC(=O)N1CCc2cc(NS(=O)(=O)c3cccc(C(F)(F)F)c3)ccc21. The van der Waals surface area contributed by atoms with Crippen molar-refractivity contribution in [3.63, 3.8) is 0 Å². The molecule has 0 aromatic heterocycles. The van der Waals surface area contributed by atoms with E-state index in [0.717, 1.165) is 23.8 Å². The molecule has 0 bridgehead atoms. The summed E-state index contributed by atoms with van der Waals surface area (Å²) in [5.41, 5.74) is 0.696. The molecule has 5 nitrogen and oxygen atoms in total. The molecule has 2 aromatic carbocycles. The minimum atomic E-state index is -4.63. The first-order chi connectivity index (χ1) is 12.1. The first-order valence-electron chi connectivity index (χ1n) is 7.69. The molecule has 3 rings (SSSR count). The summed E-state index contributed by atoms with van der Waals surface area (Å²) in [4.78, 5) is 12.7. The van der Waals surface area contributed by atoms with Crippen molar-refractivity contribution in [2.75, 3.05) is 16.2 Å². The summed E-state index contributed by atoms with van der Waals surface area (Å²) >= 11 is 0. The fourth-order valence-electron chi connectivity index (χ4n) is 2.85. The molecule has 1 aliphatic heterocycles. The van der Waals surface area contributed by atoms with E-state index in [9.17, 15) is 26.4 Å². The molecule has 26 heavy (non-hydrogen) atoms. The topological polar surface area (TPSA) is 66.5 Å². The number of anilines is 2. The van der Waals surface area contributed by atoms with Gasteiger partial charge in [0.15, 0.2) is 0 Å². The zero-order valence-corrected chi connectivity index (χ0v) is 14.5. The first kappa shape index (κ1) is 18.2. The smallest absolute Gasteiger partial charge is 0.312 e. The second-order valence-electron chi connectivity index (χ2n) is 5.90. The van der Waals surface area contributed by atoms with Gasteiger partial charge < -0.3 is 4.90 Å². The third-order valence-electron chi connectivity index (χ3n) is 4.08. The van der Waals surface area contributed by atoms with Crippen LogP contribution in [0.15, 0.2) is 47.4 Å². The number of sulfonamides is 1. The van der Waals surface area contributed by atoms with Crippen LogP contribution in [0.2, 0.25) is 0 Å². The zero-order valence-electron chi connectivity index (χ0n) is 13.7. The van der Waals surface area contributed by atoms with Crippen LogP contribution in [0.3, 0.4) is 0 Å². The van der Waals surface area contributed by atoms with Crippen LogP contribution in [-0.4, -0.2) is 20.9 Å². The summed E-state index contributed by atoms with van der Waals surface area (Å²) < 4.78 is 65.5. The average Bonchev–Trinajstić information content (AvgIpc) is 2.97. The lowest BCUT2D eigenvalue weighted by Gasteiger charge is -2.15. The van der Waals surface area contributed by atoms with Crippen LogP contribution in [0.25, 0.3) is 0 Å². The maximum Gasteiger partial charge on any atom is 0.416 e. The molecular weight excluding hydrogens is 369 g/mol. The fraction of sp³-hybridized carbons (Fsp3) is 0.235. The minimum absolute atomic E-state index is 0.110. The summed E-state index contributed by atoms with van der Waals surface area (Å²) in [6.45, 7) is 1.95. The molecule has 0 radical (unpaired) electrons. The number of amides is 1. The van der Waals surface area contributed by atoms with Gasteiger partial charge in [0.05, 0.1) is 10.5 Å². The molecule has 0 atom stereocenters. The summed E-state index contributed by atoms with van der Waals surface area (Å²) in [5, 5.41) is 0. The van der Waals surface area contributed by atoms with Crippen LogP contribution < -0.4 is 9.62 Å². The Morgan fingerprint density at radius 2 is 1.88 bits per heavy atom. The highest BCUT2D eigenvalue weighted by molar-refractivity contribution is 7.92. The van der Waals surface area contributed by atoms with Crippen LogP contribution in [0.4, 0.5) is 24.5 Å². The van der Waals surface area contributed by atoms with Crippen molar-refractivity contribution in [1.82, 2.24) is 0 Å². The van der Waals surface area contributed by atoms with Crippen LogP contribution >= 0.6 is 0 Å². The summed E-state index contributed by atoms with van der Waals surface area (Å²) in [7, 11) is -4.17. The Balaban J connectivity index is 1.88. The molecule has 0 unspecified atom stereocenters. The quantitative estimate of drug-likeness (QED) is 0.882. The second kappa shape index (κ2) is 6.31. The van der Waals surface area contributed by atoms with Crippen molar-refractivity contribution in [3.05, 3.63) is 53.6 Å². The van der Waals surface area contributed by atoms with Gasteiger partial charge in [-0.1, -0.05) is 6.07 Å². The number of carbonyl (C=O) groups excluding carboxylic acids is 1. The first-order valence-corrected chi connectivity index (χ1v) is 9.17. The Morgan fingerprint density at radius 3 is 2.54 bits per heavy atom. The molecule has 1 heterocycles. The lowest BCUT2D eigenvalue weighted by molar-refractivity contribution is -0.137. The van der Waals surface area contributed by atoms with E-state index >= 15 is 0 Å². The molecule has 0 fully saturated rings. The van der Waals surface area contributed by atoms with Crippen molar-refractivity contribution < 1.29 is 26.4 Å². The maximum absolute atomic E-state index is 12.8. The fourth-order valence-corrected chi connectivity index (χ4v) is 3.94. The largest absolute Gasteiger partial charge is 0.416 e. The lowest BCUT2D eigenvalue weighted by atomic mass is 10.1. The van der Waals surface area contributed by atoms with Crippen molar-refractivity contribution in [2.45, 2.75) is 24.4 Å². The molecule has 0 spiro atoms. The third-order valence-corrected chi connectivity index (χ3v) is 5.46. The number of rotatable bonds is 3. The molecule has 0 aliphatic carbocycles. The van der Waals surface area contributed by atoms with Crippen LogP contribution in [0.1, 0.15) is 18.1 Å². The Hall–Kier alpha value is -2.55. The molecule has 1 amide bonds. The van der Waals surface area contributed by atoms with E-state index in [-0.39, 0.29) is 11.6 Å². The number of hydrogen-bond donors (Lipinski definition) is 1. The average molecular weight is 384 g/mol. The van der Waals surface area contributed by atoms with Crippen LogP contribution in [0.5, 0.6) is 0 Å². The van der Waals surface area contributed by atoms with Gasteiger partial charge in [-0.2, -0.15) is 13.2 Å². The van der Waals surface area contributed by atoms with Gasteiger partial charge in [0, 0.05) is 24.8 Å². The molecule has 1 N–H and O–H groups in total. The van der Waals surface area contributed by atoms with E-state index in [1.54, 1.807) is 17.0 Å². The van der Waals surface area contributed by atoms with Gasteiger partial charge >= 0.3 is 6.18 Å². The monoisotopic (exact) mass is 384 g/mol. The van der Waals surface area contributed by atoms with Gasteiger partial charge in [0.2, 0.25) is 5.91 Å². The van der Waals surface area contributed by atoms with E-state index in [2.05, 4.69) is 4.72 Å². The summed E-state index contributed by atoms with van der Waals surface area (Å²) in [5.74, 6) is -0.110. The number of nitrogens with zero attached hydrogens (tertiary/aromatic N) is 1. The standard InChI is InChI=1S/C17H15F3N2O3S/c1-11(23)22-8-7-12-9-14(5-6-16(12)22)21-26(24,25)15-4-2-3-13(10-15)17(18,19)20/h2-6,9-10,21H,7-8H2,1H3. The predicted molar refractivity (Wildman–Crippen MR) is 90.4 cm³/mol. The van der Waals surface area contributed by atoms with Gasteiger partial charge in [-0.25, -0.2) is 8.42 Å². The number of nitrogens with one attached hydrogen (secondary N) is 1. The molecule has 2 aromatic rings. The van der Waals surface area contributed by atoms with Crippen LogP contribution in [0, 0.1) is 0 Å².